The largest absolute Gasteiger partial charge is 0.399 e. The van der Waals surface area contributed by atoms with Crippen LogP contribution in [0.25, 0.3) is 0 Å². The predicted molar refractivity (Wildman–Crippen MR) is 75.6 cm³/mol. The van der Waals surface area contributed by atoms with Crippen molar-refractivity contribution < 1.29 is 8.42 Å². The van der Waals surface area contributed by atoms with Crippen LogP contribution in [0, 0.1) is 0 Å². The van der Waals surface area contributed by atoms with Crippen LogP contribution in [0.4, 0.5) is 5.69 Å². The maximum Gasteiger partial charge on any atom is 0.238 e. The van der Waals surface area contributed by atoms with E-state index in [0.717, 1.165) is 16.6 Å². The summed E-state index contributed by atoms with van der Waals surface area (Å²) in [6.07, 6.45) is 0.760. The first-order chi connectivity index (χ1) is 8.88. The summed E-state index contributed by atoms with van der Waals surface area (Å²) < 4.78 is 27.6. The van der Waals surface area contributed by atoms with Crippen LogP contribution in [0.3, 0.4) is 0 Å². The second-order valence-corrected chi connectivity index (χ2v) is 7.35. The quantitative estimate of drug-likeness (QED) is 0.826. The van der Waals surface area contributed by atoms with E-state index >= 15 is 0 Å². The highest BCUT2D eigenvalue weighted by molar-refractivity contribution is 8.01. The van der Waals surface area contributed by atoms with Crippen molar-refractivity contribution in [2.45, 2.75) is 27.5 Å². The number of nitrogens with two attached hydrogens (primary N) is 2. The molecule has 2 rings (SSSR count). The fraction of sp³-hybridized carbons (Fsp3) is 0.200. The zero-order chi connectivity index (χ0) is 14.0. The molecule has 0 spiro atoms. The average molecular weight is 316 g/mol. The summed E-state index contributed by atoms with van der Waals surface area (Å²) in [5.41, 5.74) is 6.02. The zero-order valence-electron chi connectivity index (χ0n) is 10.0. The number of hydrogen-bond donors (Lipinski definition) is 2. The van der Waals surface area contributed by atoms with E-state index in [1.54, 1.807) is 6.07 Å². The molecule has 0 atom stereocenters. The van der Waals surface area contributed by atoms with Gasteiger partial charge in [0, 0.05) is 17.0 Å². The van der Waals surface area contributed by atoms with Gasteiger partial charge in [-0.05, 0) is 29.7 Å². The SMILES string of the molecule is CCc1nsc(Sc2cc(N)cc(S(N)(=O)=O)c2)n1. The van der Waals surface area contributed by atoms with E-state index in [1.165, 1.54) is 35.4 Å². The molecule has 0 aliphatic rings. The van der Waals surface area contributed by atoms with Gasteiger partial charge in [0.05, 0.1) is 4.90 Å². The molecule has 9 heteroatoms. The number of hydrogen-bond acceptors (Lipinski definition) is 7. The number of rotatable bonds is 4. The number of aromatic nitrogens is 2. The molecule has 0 aliphatic heterocycles. The number of sulfonamides is 1. The summed E-state index contributed by atoms with van der Waals surface area (Å²) in [4.78, 5) is 4.96. The summed E-state index contributed by atoms with van der Waals surface area (Å²) in [6, 6.07) is 4.48. The standard InChI is InChI=1S/C10H12N4O2S3/c1-2-9-13-10(18-14-9)17-7-3-6(11)4-8(5-7)19(12,15)16/h3-5H,2,11H2,1H3,(H2,12,15,16). The first-order valence-corrected chi connectivity index (χ1v) is 8.46. The third kappa shape index (κ3) is 3.66. The van der Waals surface area contributed by atoms with E-state index in [9.17, 15) is 8.42 Å². The lowest BCUT2D eigenvalue weighted by Gasteiger charge is -2.04. The number of aryl methyl sites for hydroxylation is 1. The molecule has 1 heterocycles. The minimum Gasteiger partial charge on any atom is -0.399 e. The van der Waals surface area contributed by atoms with E-state index in [2.05, 4.69) is 9.36 Å². The Labute approximate surface area is 119 Å². The molecule has 4 N–H and O–H groups in total. The smallest absolute Gasteiger partial charge is 0.238 e. The molecule has 0 unspecified atom stereocenters. The molecule has 0 aliphatic carbocycles. The lowest BCUT2D eigenvalue weighted by atomic mass is 10.3. The molecule has 0 fully saturated rings. The van der Waals surface area contributed by atoms with Crippen LogP contribution in [-0.4, -0.2) is 17.8 Å². The van der Waals surface area contributed by atoms with Gasteiger partial charge in [-0.1, -0.05) is 18.7 Å². The van der Waals surface area contributed by atoms with Gasteiger partial charge in [0.1, 0.15) is 5.82 Å². The molecule has 0 bridgehead atoms. The number of nitrogen functional groups attached to an aromatic ring is 1. The molecule has 19 heavy (non-hydrogen) atoms. The van der Waals surface area contributed by atoms with Crippen molar-refractivity contribution in [2.24, 2.45) is 5.14 Å². The molecule has 1 aromatic heterocycles. The Balaban J connectivity index is 2.32. The van der Waals surface area contributed by atoms with Crippen LogP contribution in [0.1, 0.15) is 12.7 Å². The molecule has 2 aromatic rings. The second kappa shape index (κ2) is 5.45. The third-order valence-electron chi connectivity index (χ3n) is 2.20. The number of benzene rings is 1. The predicted octanol–water partition coefficient (Wildman–Crippen LogP) is 1.48. The molecule has 0 amide bonds. The van der Waals surface area contributed by atoms with Crippen molar-refractivity contribution in [3.8, 4) is 0 Å². The second-order valence-electron chi connectivity index (χ2n) is 3.71. The first-order valence-electron chi connectivity index (χ1n) is 5.32. The zero-order valence-corrected chi connectivity index (χ0v) is 12.5. The Bertz CT molecular complexity index is 697. The lowest BCUT2D eigenvalue weighted by molar-refractivity contribution is 0.597. The summed E-state index contributed by atoms with van der Waals surface area (Å²) in [5, 5.41) is 5.10. The van der Waals surface area contributed by atoms with Gasteiger partial charge < -0.3 is 5.73 Å². The summed E-state index contributed by atoms with van der Waals surface area (Å²) >= 11 is 2.58. The minimum absolute atomic E-state index is 0.00442. The number of anilines is 1. The van der Waals surface area contributed by atoms with Gasteiger partial charge in [-0.25, -0.2) is 18.5 Å². The maximum atomic E-state index is 11.3. The van der Waals surface area contributed by atoms with Crippen molar-refractivity contribution >= 4 is 39.0 Å². The van der Waals surface area contributed by atoms with Gasteiger partial charge >= 0.3 is 0 Å². The van der Waals surface area contributed by atoms with E-state index in [4.69, 9.17) is 10.9 Å². The van der Waals surface area contributed by atoms with Crippen molar-refractivity contribution in [1.29, 1.82) is 0 Å². The minimum atomic E-state index is -3.77. The highest BCUT2D eigenvalue weighted by Crippen LogP contribution is 2.31. The van der Waals surface area contributed by atoms with Crippen LogP contribution < -0.4 is 10.9 Å². The normalized spacial score (nSPS) is 11.7. The molecule has 0 radical (unpaired) electrons. The summed E-state index contributed by atoms with van der Waals surface area (Å²) in [7, 11) is -3.77. The third-order valence-corrected chi connectivity index (χ3v) is 4.85. The fourth-order valence-electron chi connectivity index (χ4n) is 1.34. The monoisotopic (exact) mass is 316 g/mol. The molecule has 1 aromatic carbocycles. The van der Waals surface area contributed by atoms with Crippen LogP contribution in [-0.2, 0) is 16.4 Å². The maximum absolute atomic E-state index is 11.3. The van der Waals surface area contributed by atoms with Crippen molar-refractivity contribution in [2.75, 3.05) is 5.73 Å². The van der Waals surface area contributed by atoms with Gasteiger partial charge in [-0.3, -0.25) is 0 Å². The Kier molecular flexibility index (Phi) is 4.09. The van der Waals surface area contributed by atoms with Crippen LogP contribution in [0.5, 0.6) is 0 Å². The molecule has 0 saturated heterocycles. The average Bonchev–Trinajstić information content (AvgIpc) is 2.75. The Hall–Kier alpha value is -1.16. The van der Waals surface area contributed by atoms with Gasteiger partial charge in [0.2, 0.25) is 10.0 Å². The first kappa shape index (κ1) is 14.3. The Morgan fingerprint density at radius 1 is 1.37 bits per heavy atom. The van der Waals surface area contributed by atoms with Gasteiger partial charge in [-0.2, -0.15) is 4.37 Å². The molecular formula is C10H12N4O2S3. The molecule has 6 nitrogen and oxygen atoms in total. The summed E-state index contributed by atoms with van der Waals surface area (Å²) in [5.74, 6) is 0.767. The Morgan fingerprint density at radius 2 is 2.11 bits per heavy atom. The van der Waals surface area contributed by atoms with Crippen molar-refractivity contribution in [3.63, 3.8) is 0 Å². The van der Waals surface area contributed by atoms with Gasteiger partial charge in [-0.15, -0.1) is 0 Å². The lowest BCUT2D eigenvalue weighted by Crippen LogP contribution is -2.12. The van der Waals surface area contributed by atoms with E-state index in [1.807, 2.05) is 6.92 Å². The van der Waals surface area contributed by atoms with Crippen molar-refractivity contribution in [3.05, 3.63) is 24.0 Å². The number of nitrogens with zero attached hydrogens (tertiary/aromatic N) is 2. The molecule has 102 valence electrons. The highest BCUT2D eigenvalue weighted by atomic mass is 32.2. The van der Waals surface area contributed by atoms with Crippen LogP contribution >= 0.6 is 23.3 Å². The number of primary sulfonamides is 1. The topological polar surface area (TPSA) is 112 Å². The van der Waals surface area contributed by atoms with E-state index in [0.29, 0.717) is 10.6 Å². The molecular weight excluding hydrogens is 304 g/mol. The van der Waals surface area contributed by atoms with Gasteiger partial charge in [0.15, 0.2) is 4.34 Å². The van der Waals surface area contributed by atoms with E-state index < -0.39 is 10.0 Å². The summed E-state index contributed by atoms with van der Waals surface area (Å²) in [6.45, 7) is 1.97. The van der Waals surface area contributed by atoms with Crippen LogP contribution in [0.2, 0.25) is 0 Å². The van der Waals surface area contributed by atoms with Crippen LogP contribution in [0.15, 0.2) is 32.3 Å². The molecule has 0 saturated carbocycles. The van der Waals surface area contributed by atoms with E-state index in [-0.39, 0.29) is 4.90 Å². The van der Waals surface area contributed by atoms with Crippen molar-refractivity contribution in [1.82, 2.24) is 9.36 Å². The highest BCUT2D eigenvalue weighted by Gasteiger charge is 2.12. The van der Waals surface area contributed by atoms with Gasteiger partial charge in [0.25, 0.3) is 0 Å². The Morgan fingerprint density at radius 3 is 2.68 bits per heavy atom. The fourth-order valence-corrected chi connectivity index (χ4v) is 3.79.